The first kappa shape index (κ1) is 25.2. The molecule has 5 nitrogen and oxygen atoms in total. The van der Waals surface area contributed by atoms with Crippen molar-refractivity contribution < 1.29 is 23.5 Å². The number of rotatable bonds is 7. The second kappa shape index (κ2) is 10.0. The van der Waals surface area contributed by atoms with Crippen molar-refractivity contribution in [1.82, 2.24) is 0 Å². The van der Waals surface area contributed by atoms with E-state index in [1.54, 1.807) is 13.8 Å². The van der Waals surface area contributed by atoms with Crippen molar-refractivity contribution >= 4 is 20.3 Å². The predicted molar refractivity (Wildman–Crippen MR) is 125 cm³/mol. The molecule has 1 aromatic carbocycles. The van der Waals surface area contributed by atoms with Gasteiger partial charge in [0.05, 0.1) is 36.7 Å². The molecule has 0 aliphatic heterocycles. The molecule has 31 heavy (non-hydrogen) atoms. The third-order valence-corrected chi connectivity index (χ3v) is 10.9. The van der Waals surface area contributed by atoms with E-state index in [1.807, 2.05) is 37.3 Å². The van der Waals surface area contributed by atoms with Gasteiger partial charge in [-0.05, 0) is 62.5 Å². The minimum Gasteiger partial charge on any atom is -0.546 e. The van der Waals surface area contributed by atoms with E-state index >= 15 is 0 Å². The summed E-state index contributed by atoms with van der Waals surface area (Å²) in [6.45, 7) is 17.1. The lowest BCUT2D eigenvalue weighted by Gasteiger charge is -2.43. The molecule has 0 fully saturated rings. The molecule has 1 aliphatic carbocycles. The van der Waals surface area contributed by atoms with Crippen molar-refractivity contribution in [1.29, 1.82) is 0 Å². The number of aryl methyl sites for hydroxylation is 1. The highest BCUT2D eigenvalue weighted by molar-refractivity contribution is 6.74. The van der Waals surface area contributed by atoms with E-state index in [0.717, 1.165) is 16.9 Å². The fourth-order valence-electron chi connectivity index (χ4n) is 3.79. The second-order valence-electron chi connectivity index (χ2n) is 9.68. The molecule has 0 heterocycles. The summed E-state index contributed by atoms with van der Waals surface area (Å²) in [6.07, 6.45) is 2.39. The van der Waals surface area contributed by atoms with Crippen molar-refractivity contribution in [3.05, 3.63) is 47.2 Å². The summed E-state index contributed by atoms with van der Waals surface area (Å²) in [5, 5.41) is 0.00152. The largest absolute Gasteiger partial charge is 0.546 e. The number of ether oxygens (including phenoxy) is 2. The van der Waals surface area contributed by atoms with E-state index in [9.17, 15) is 9.59 Å². The summed E-state index contributed by atoms with van der Waals surface area (Å²) < 4.78 is 17.5. The van der Waals surface area contributed by atoms with Gasteiger partial charge >= 0.3 is 11.9 Å². The van der Waals surface area contributed by atoms with Gasteiger partial charge in [-0.2, -0.15) is 0 Å². The Morgan fingerprint density at radius 1 is 1.03 bits per heavy atom. The summed E-state index contributed by atoms with van der Waals surface area (Å²) in [5.41, 5.74) is 2.04. The van der Waals surface area contributed by atoms with Gasteiger partial charge in [-0.15, -0.1) is 0 Å². The monoisotopic (exact) mass is 446 g/mol. The van der Waals surface area contributed by atoms with Gasteiger partial charge in [0, 0.05) is 0 Å². The summed E-state index contributed by atoms with van der Waals surface area (Å²) in [6, 6.07) is 7.97. The SMILES string of the molecule is CCOC(=O)C1CC=C(O[Si](C)(C)C(C)(C)C)C(c2ccccc2C)C1C(=O)OCC. The van der Waals surface area contributed by atoms with Crippen LogP contribution in [0.25, 0.3) is 0 Å². The molecule has 3 atom stereocenters. The minimum absolute atomic E-state index is 0.00152. The van der Waals surface area contributed by atoms with Crippen molar-refractivity contribution in [3.63, 3.8) is 0 Å². The van der Waals surface area contributed by atoms with Crippen LogP contribution in [0.2, 0.25) is 18.1 Å². The van der Waals surface area contributed by atoms with Crippen LogP contribution in [-0.2, 0) is 23.5 Å². The Balaban J connectivity index is 2.64. The molecular formula is C25H38O5Si. The van der Waals surface area contributed by atoms with E-state index in [0.29, 0.717) is 6.42 Å². The summed E-state index contributed by atoms with van der Waals surface area (Å²) in [7, 11) is -2.17. The highest BCUT2D eigenvalue weighted by Gasteiger charge is 2.49. The molecule has 172 valence electrons. The average molecular weight is 447 g/mol. The maximum absolute atomic E-state index is 13.2. The average Bonchev–Trinajstić information content (AvgIpc) is 2.67. The molecule has 0 amide bonds. The summed E-state index contributed by atoms with van der Waals surface area (Å²) in [4.78, 5) is 26.1. The van der Waals surface area contributed by atoms with Gasteiger partial charge in [-0.1, -0.05) is 45.0 Å². The van der Waals surface area contributed by atoms with Crippen molar-refractivity contribution in [2.24, 2.45) is 11.8 Å². The van der Waals surface area contributed by atoms with Crippen LogP contribution in [-0.4, -0.2) is 33.5 Å². The summed E-state index contributed by atoms with van der Waals surface area (Å²) >= 11 is 0. The van der Waals surface area contributed by atoms with Crippen LogP contribution >= 0.6 is 0 Å². The smallest absolute Gasteiger partial charge is 0.310 e. The molecule has 2 rings (SSSR count). The lowest BCUT2D eigenvalue weighted by Crippen LogP contribution is -2.45. The first-order valence-electron chi connectivity index (χ1n) is 11.2. The van der Waals surface area contributed by atoms with Gasteiger partial charge in [0.2, 0.25) is 8.32 Å². The number of carbonyl (C=O) groups is 2. The molecule has 0 bridgehead atoms. The van der Waals surface area contributed by atoms with Crippen LogP contribution in [0.5, 0.6) is 0 Å². The topological polar surface area (TPSA) is 61.8 Å². The molecule has 3 unspecified atom stereocenters. The number of carbonyl (C=O) groups excluding carboxylic acids is 2. The Bertz CT molecular complexity index is 821. The molecule has 0 saturated carbocycles. The zero-order valence-corrected chi connectivity index (χ0v) is 21.3. The Hall–Kier alpha value is -2.08. The van der Waals surface area contributed by atoms with E-state index < -0.39 is 26.1 Å². The lowest BCUT2D eigenvalue weighted by molar-refractivity contribution is -0.161. The summed E-state index contributed by atoms with van der Waals surface area (Å²) in [5.74, 6) is -1.64. The van der Waals surface area contributed by atoms with Crippen molar-refractivity contribution in [3.8, 4) is 0 Å². The Morgan fingerprint density at radius 3 is 2.16 bits per heavy atom. The van der Waals surface area contributed by atoms with Crippen LogP contribution in [0.15, 0.2) is 36.1 Å². The molecule has 0 spiro atoms. The fraction of sp³-hybridized carbons (Fsp3) is 0.600. The van der Waals surface area contributed by atoms with Gasteiger partial charge in [0.1, 0.15) is 0 Å². The van der Waals surface area contributed by atoms with Crippen LogP contribution < -0.4 is 0 Å². The maximum atomic E-state index is 13.2. The van der Waals surface area contributed by atoms with E-state index in [1.165, 1.54) is 0 Å². The first-order valence-corrected chi connectivity index (χ1v) is 14.1. The quantitative estimate of drug-likeness (QED) is 0.394. The highest BCUT2D eigenvalue weighted by Crippen LogP contribution is 2.48. The first-order chi connectivity index (χ1) is 14.4. The number of allylic oxidation sites excluding steroid dienone is 2. The van der Waals surface area contributed by atoms with Crippen LogP contribution in [0.3, 0.4) is 0 Å². The maximum Gasteiger partial charge on any atom is 0.310 e. The molecule has 0 radical (unpaired) electrons. The van der Waals surface area contributed by atoms with Crippen molar-refractivity contribution in [2.45, 2.75) is 72.0 Å². The normalized spacial score (nSPS) is 21.8. The Labute approximate surface area is 188 Å². The third-order valence-electron chi connectivity index (χ3n) is 6.52. The van der Waals surface area contributed by atoms with Gasteiger partial charge < -0.3 is 13.9 Å². The second-order valence-corrected chi connectivity index (χ2v) is 14.4. The fourth-order valence-corrected chi connectivity index (χ4v) is 4.90. The lowest BCUT2D eigenvalue weighted by atomic mass is 9.71. The molecular weight excluding hydrogens is 408 g/mol. The molecule has 6 heteroatoms. The Kier molecular flexibility index (Phi) is 8.14. The predicted octanol–water partition coefficient (Wildman–Crippen LogP) is 5.75. The van der Waals surface area contributed by atoms with E-state index in [-0.39, 0.29) is 30.2 Å². The molecule has 0 N–H and O–H groups in total. The van der Waals surface area contributed by atoms with Gasteiger partial charge in [0.15, 0.2) is 0 Å². The molecule has 0 aromatic heterocycles. The van der Waals surface area contributed by atoms with Crippen LogP contribution in [0.1, 0.15) is 58.1 Å². The van der Waals surface area contributed by atoms with Gasteiger partial charge in [-0.25, -0.2) is 0 Å². The Morgan fingerprint density at radius 2 is 1.61 bits per heavy atom. The standard InChI is InChI=1S/C25H38O5Si/c1-9-28-23(26)19-15-16-20(30-31(7,8)25(4,5)6)21(22(19)24(27)29-10-2)18-14-12-11-13-17(18)3/h11-14,16,19,21-22H,9-10,15H2,1-8H3. The van der Waals surface area contributed by atoms with Crippen molar-refractivity contribution in [2.75, 3.05) is 13.2 Å². The molecule has 1 aliphatic rings. The molecule has 0 saturated heterocycles. The zero-order chi connectivity index (χ0) is 23.4. The van der Waals surface area contributed by atoms with E-state index in [4.69, 9.17) is 13.9 Å². The van der Waals surface area contributed by atoms with Gasteiger partial charge in [0.25, 0.3) is 0 Å². The highest BCUT2D eigenvalue weighted by atomic mass is 28.4. The number of benzene rings is 1. The van der Waals surface area contributed by atoms with Gasteiger partial charge in [-0.3, -0.25) is 9.59 Å². The number of esters is 2. The third kappa shape index (κ3) is 5.59. The van der Waals surface area contributed by atoms with Crippen LogP contribution in [0, 0.1) is 18.8 Å². The number of hydrogen-bond acceptors (Lipinski definition) is 5. The molecule has 1 aromatic rings. The number of hydrogen-bond donors (Lipinski definition) is 0. The van der Waals surface area contributed by atoms with Crippen LogP contribution in [0.4, 0.5) is 0 Å². The minimum atomic E-state index is -2.17. The zero-order valence-electron chi connectivity index (χ0n) is 20.3. The van der Waals surface area contributed by atoms with E-state index in [2.05, 4.69) is 33.9 Å².